The third kappa shape index (κ3) is 1.61. The number of carboxylic acid groups (broad SMARTS) is 1. The van der Waals surface area contributed by atoms with Crippen molar-refractivity contribution in [2.24, 2.45) is 11.8 Å². The summed E-state index contributed by atoms with van der Waals surface area (Å²) in [6.45, 7) is 0.988. The van der Waals surface area contributed by atoms with Crippen LogP contribution in [0.1, 0.15) is 19.3 Å². The molecule has 3 nitrogen and oxygen atoms in total. The molecule has 0 aromatic heterocycles. The molecule has 0 heterocycles. The van der Waals surface area contributed by atoms with E-state index in [1.165, 1.54) is 12.8 Å². The van der Waals surface area contributed by atoms with Crippen LogP contribution in [-0.4, -0.2) is 35.6 Å². The van der Waals surface area contributed by atoms with Crippen molar-refractivity contribution in [2.45, 2.75) is 25.3 Å². The minimum absolute atomic E-state index is 0.0359. The van der Waals surface area contributed by atoms with Gasteiger partial charge in [0.2, 0.25) is 0 Å². The second-order valence-corrected chi connectivity index (χ2v) is 4.11. The Morgan fingerprint density at radius 2 is 2.25 bits per heavy atom. The number of aliphatic carboxylic acids is 1. The van der Waals surface area contributed by atoms with Crippen LogP contribution in [0.15, 0.2) is 0 Å². The van der Waals surface area contributed by atoms with Crippen LogP contribution < -0.4 is 0 Å². The van der Waals surface area contributed by atoms with Gasteiger partial charge in [0.1, 0.15) is 0 Å². The van der Waals surface area contributed by atoms with Crippen LogP contribution >= 0.6 is 0 Å². The van der Waals surface area contributed by atoms with Crippen molar-refractivity contribution in [3.8, 4) is 0 Å². The lowest BCUT2D eigenvalue weighted by atomic mass is 10.3. The summed E-state index contributed by atoms with van der Waals surface area (Å²) in [5.41, 5.74) is 0. The van der Waals surface area contributed by atoms with Gasteiger partial charge in [-0.1, -0.05) is 0 Å². The fourth-order valence-electron chi connectivity index (χ4n) is 1.79. The van der Waals surface area contributed by atoms with Crippen LogP contribution in [-0.2, 0) is 4.79 Å². The first-order valence-electron chi connectivity index (χ1n) is 4.61. The van der Waals surface area contributed by atoms with Crippen molar-refractivity contribution in [3.63, 3.8) is 0 Å². The van der Waals surface area contributed by atoms with Crippen LogP contribution in [0.25, 0.3) is 0 Å². The third-order valence-corrected chi connectivity index (χ3v) is 2.93. The van der Waals surface area contributed by atoms with E-state index in [4.69, 9.17) is 5.11 Å². The van der Waals surface area contributed by atoms with Crippen LogP contribution in [0.2, 0.25) is 0 Å². The van der Waals surface area contributed by atoms with E-state index in [1.807, 2.05) is 0 Å². The van der Waals surface area contributed by atoms with Gasteiger partial charge in [-0.15, -0.1) is 0 Å². The highest BCUT2D eigenvalue weighted by Gasteiger charge is 2.44. The summed E-state index contributed by atoms with van der Waals surface area (Å²) in [5, 5.41) is 8.67. The molecule has 0 bridgehead atoms. The van der Waals surface area contributed by atoms with Gasteiger partial charge in [0, 0.05) is 12.6 Å². The first-order valence-corrected chi connectivity index (χ1v) is 4.61. The molecule has 0 saturated heterocycles. The number of rotatable bonds is 4. The number of hydrogen-bond acceptors (Lipinski definition) is 2. The van der Waals surface area contributed by atoms with Gasteiger partial charge in [-0.25, -0.2) is 0 Å². The summed E-state index contributed by atoms with van der Waals surface area (Å²) in [6.07, 6.45) is 3.51. The topological polar surface area (TPSA) is 40.5 Å². The molecular weight excluding hydrogens is 154 g/mol. The molecule has 2 rings (SSSR count). The van der Waals surface area contributed by atoms with Crippen molar-refractivity contribution < 1.29 is 9.90 Å². The summed E-state index contributed by atoms with van der Waals surface area (Å²) >= 11 is 0. The molecular formula is C9H15NO2. The summed E-state index contributed by atoms with van der Waals surface area (Å²) in [6, 6.07) is 0.764. The van der Waals surface area contributed by atoms with Gasteiger partial charge in [-0.05, 0) is 32.2 Å². The monoisotopic (exact) mass is 169 g/mol. The number of nitrogens with zero attached hydrogens (tertiary/aromatic N) is 1. The van der Waals surface area contributed by atoms with Crippen molar-refractivity contribution >= 4 is 5.97 Å². The van der Waals surface area contributed by atoms with E-state index >= 15 is 0 Å². The fraction of sp³-hybridized carbons (Fsp3) is 0.889. The number of carboxylic acids is 1. The van der Waals surface area contributed by atoms with Gasteiger partial charge in [-0.3, -0.25) is 4.79 Å². The van der Waals surface area contributed by atoms with Gasteiger partial charge >= 0.3 is 5.97 Å². The fourth-order valence-corrected chi connectivity index (χ4v) is 1.79. The van der Waals surface area contributed by atoms with E-state index in [1.54, 1.807) is 0 Å². The lowest BCUT2D eigenvalue weighted by Gasteiger charge is -2.14. The average molecular weight is 169 g/mol. The summed E-state index contributed by atoms with van der Waals surface area (Å²) < 4.78 is 0. The van der Waals surface area contributed by atoms with Crippen LogP contribution in [0, 0.1) is 11.8 Å². The highest BCUT2D eigenvalue weighted by Crippen LogP contribution is 2.40. The Morgan fingerprint density at radius 1 is 1.58 bits per heavy atom. The zero-order valence-corrected chi connectivity index (χ0v) is 7.36. The number of carbonyl (C=O) groups is 1. The minimum atomic E-state index is -0.607. The Hall–Kier alpha value is -0.570. The predicted octanol–water partition coefficient (Wildman–Crippen LogP) is 0.801. The molecule has 0 amide bonds. The van der Waals surface area contributed by atoms with Crippen molar-refractivity contribution in [3.05, 3.63) is 0 Å². The summed E-state index contributed by atoms with van der Waals surface area (Å²) in [5.74, 6) is -0.205. The standard InChI is InChI=1S/C9H15NO2/c1-10(7-2-3-7)5-6-4-8(6)9(11)12/h6-8H,2-5H2,1H3,(H,11,12). The molecule has 0 aliphatic heterocycles. The molecule has 2 unspecified atom stereocenters. The zero-order chi connectivity index (χ0) is 8.72. The molecule has 3 heteroatoms. The molecule has 0 radical (unpaired) electrons. The Morgan fingerprint density at radius 3 is 2.67 bits per heavy atom. The Balaban J connectivity index is 1.71. The van der Waals surface area contributed by atoms with Crippen LogP contribution in [0.5, 0.6) is 0 Å². The molecule has 0 aromatic rings. The third-order valence-electron chi connectivity index (χ3n) is 2.93. The van der Waals surface area contributed by atoms with E-state index < -0.39 is 5.97 Å². The van der Waals surface area contributed by atoms with Crippen molar-refractivity contribution in [1.29, 1.82) is 0 Å². The van der Waals surface area contributed by atoms with Gasteiger partial charge in [0.15, 0.2) is 0 Å². The largest absolute Gasteiger partial charge is 0.481 e. The Bertz CT molecular complexity index is 201. The van der Waals surface area contributed by atoms with Gasteiger partial charge in [0.05, 0.1) is 5.92 Å². The lowest BCUT2D eigenvalue weighted by molar-refractivity contribution is -0.138. The van der Waals surface area contributed by atoms with E-state index in [0.717, 1.165) is 19.0 Å². The highest BCUT2D eigenvalue weighted by molar-refractivity contribution is 5.73. The molecule has 2 aliphatic carbocycles. The second-order valence-electron chi connectivity index (χ2n) is 4.11. The van der Waals surface area contributed by atoms with Gasteiger partial charge in [-0.2, -0.15) is 0 Å². The first kappa shape index (κ1) is 8.05. The molecule has 68 valence electrons. The maximum absolute atomic E-state index is 10.5. The van der Waals surface area contributed by atoms with Crippen LogP contribution in [0.3, 0.4) is 0 Å². The van der Waals surface area contributed by atoms with E-state index in [0.29, 0.717) is 5.92 Å². The highest BCUT2D eigenvalue weighted by atomic mass is 16.4. The zero-order valence-electron chi connectivity index (χ0n) is 7.36. The minimum Gasteiger partial charge on any atom is -0.481 e. The smallest absolute Gasteiger partial charge is 0.306 e. The second kappa shape index (κ2) is 2.73. The summed E-state index contributed by atoms with van der Waals surface area (Å²) in [7, 11) is 2.11. The Kier molecular flexibility index (Phi) is 1.83. The maximum atomic E-state index is 10.5. The lowest BCUT2D eigenvalue weighted by Crippen LogP contribution is -2.24. The molecule has 12 heavy (non-hydrogen) atoms. The molecule has 2 fully saturated rings. The molecule has 2 aliphatic rings. The molecule has 0 spiro atoms. The van der Waals surface area contributed by atoms with Crippen molar-refractivity contribution in [2.75, 3.05) is 13.6 Å². The first-order chi connectivity index (χ1) is 5.68. The SMILES string of the molecule is CN(CC1CC1C(=O)O)C1CC1. The molecule has 0 aromatic carbocycles. The van der Waals surface area contributed by atoms with Gasteiger partial charge < -0.3 is 10.0 Å². The molecule has 1 N–H and O–H groups in total. The van der Waals surface area contributed by atoms with Crippen molar-refractivity contribution in [1.82, 2.24) is 4.90 Å². The normalized spacial score (nSPS) is 33.8. The molecule has 2 atom stereocenters. The van der Waals surface area contributed by atoms with E-state index in [2.05, 4.69) is 11.9 Å². The molecule has 2 saturated carbocycles. The van der Waals surface area contributed by atoms with E-state index in [9.17, 15) is 4.79 Å². The Labute approximate surface area is 72.4 Å². The van der Waals surface area contributed by atoms with Gasteiger partial charge in [0.25, 0.3) is 0 Å². The maximum Gasteiger partial charge on any atom is 0.306 e. The summed E-state index contributed by atoms with van der Waals surface area (Å²) in [4.78, 5) is 12.8. The number of hydrogen-bond donors (Lipinski definition) is 1. The average Bonchev–Trinajstić information content (AvgIpc) is 2.83. The van der Waals surface area contributed by atoms with Crippen LogP contribution in [0.4, 0.5) is 0 Å². The quantitative estimate of drug-likeness (QED) is 0.676. The van der Waals surface area contributed by atoms with E-state index in [-0.39, 0.29) is 5.92 Å². The predicted molar refractivity (Wildman–Crippen MR) is 44.9 cm³/mol.